The topological polar surface area (TPSA) is 72.3 Å². The number of nitrogens with one attached hydrogen (secondary N) is 1. The number of methoxy groups -OCH3 is 2. The Hall–Kier alpha value is -2.99. The van der Waals surface area contributed by atoms with Gasteiger partial charge >= 0.3 is 0 Å². The van der Waals surface area contributed by atoms with E-state index in [1.807, 2.05) is 6.07 Å². The van der Waals surface area contributed by atoms with Crippen molar-refractivity contribution in [2.24, 2.45) is 11.8 Å². The van der Waals surface area contributed by atoms with Gasteiger partial charge in [0.2, 0.25) is 5.78 Å². The molecule has 0 spiro atoms. The summed E-state index contributed by atoms with van der Waals surface area (Å²) < 4.78 is 16.7. The molecule has 2 aliphatic rings. The maximum absolute atomic E-state index is 13.0. The molecule has 6 heteroatoms. The van der Waals surface area contributed by atoms with E-state index in [4.69, 9.17) is 14.2 Å². The number of ether oxygens (including phenoxy) is 3. The Bertz CT molecular complexity index is 1020. The van der Waals surface area contributed by atoms with Crippen molar-refractivity contribution in [3.63, 3.8) is 0 Å². The highest BCUT2D eigenvalue weighted by Gasteiger charge is 2.33. The lowest BCUT2D eigenvalue weighted by Crippen LogP contribution is -3.13. The number of carbonyl (C=O) groups is 1. The number of allylic oxidation sites excluding steroid dienone is 1. The number of rotatable bonds is 5. The fraction of sp³-hybridized carbons (Fsp3) is 0.400. The average Bonchev–Trinajstić information content (AvgIpc) is 3.05. The van der Waals surface area contributed by atoms with Crippen LogP contribution in [0, 0.1) is 11.8 Å². The fourth-order valence-electron chi connectivity index (χ4n) is 4.85. The molecule has 2 heterocycles. The molecule has 31 heavy (non-hydrogen) atoms. The summed E-state index contributed by atoms with van der Waals surface area (Å²) in [6, 6.07) is 8.42. The van der Waals surface area contributed by atoms with Crippen molar-refractivity contribution in [3.05, 3.63) is 52.8 Å². The second-order valence-electron chi connectivity index (χ2n) is 8.75. The maximum Gasteiger partial charge on any atom is 0.231 e. The minimum atomic E-state index is -0.218. The number of quaternary nitrogens is 1. The molecule has 2 unspecified atom stereocenters. The largest absolute Gasteiger partial charge is 0.872 e. The number of piperidine rings is 1. The molecule has 1 saturated heterocycles. The van der Waals surface area contributed by atoms with Crippen molar-refractivity contribution < 1.29 is 29.0 Å². The van der Waals surface area contributed by atoms with E-state index < -0.39 is 0 Å². The summed E-state index contributed by atoms with van der Waals surface area (Å²) in [6.07, 6.45) is 2.87. The molecule has 1 N–H and O–H groups in total. The predicted molar refractivity (Wildman–Crippen MR) is 116 cm³/mol. The fourth-order valence-corrected chi connectivity index (χ4v) is 4.85. The van der Waals surface area contributed by atoms with Gasteiger partial charge < -0.3 is 24.2 Å². The Kier molecular flexibility index (Phi) is 5.92. The molecule has 0 aromatic heterocycles. The summed E-state index contributed by atoms with van der Waals surface area (Å²) in [7, 11) is 3.15. The maximum atomic E-state index is 13.0. The first-order valence-electron chi connectivity index (χ1n) is 10.7. The van der Waals surface area contributed by atoms with E-state index in [-0.39, 0.29) is 17.3 Å². The first-order valence-corrected chi connectivity index (χ1v) is 10.7. The molecule has 2 aromatic carbocycles. The lowest BCUT2D eigenvalue weighted by atomic mass is 9.91. The van der Waals surface area contributed by atoms with E-state index in [0.29, 0.717) is 52.3 Å². The van der Waals surface area contributed by atoms with E-state index in [9.17, 15) is 9.90 Å². The SMILES string of the molecule is COc1ccc(C=C2Oc3c(ccc([O-])c3C[NH+]3CC(C)CC(C)C3)C2=O)c(OC)c1. The summed E-state index contributed by atoms with van der Waals surface area (Å²) in [4.78, 5) is 14.4. The van der Waals surface area contributed by atoms with Crippen molar-refractivity contribution in [1.82, 2.24) is 0 Å². The van der Waals surface area contributed by atoms with Crippen molar-refractivity contribution in [1.29, 1.82) is 0 Å². The molecule has 0 radical (unpaired) electrons. The Balaban J connectivity index is 1.65. The van der Waals surface area contributed by atoms with Crippen LogP contribution in [0.5, 0.6) is 23.0 Å². The Morgan fingerprint density at radius 3 is 2.55 bits per heavy atom. The number of fused-ring (bicyclic) bond motifs is 1. The van der Waals surface area contributed by atoms with Gasteiger partial charge in [-0.2, -0.15) is 0 Å². The first-order chi connectivity index (χ1) is 14.9. The molecule has 2 aromatic rings. The predicted octanol–water partition coefficient (Wildman–Crippen LogP) is 2.45. The normalized spacial score (nSPS) is 24.1. The minimum Gasteiger partial charge on any atom is -0.872 e. The van der Waals surface area contributed by atoms with Crippen molar-refractivity contribution in [2.75, 3.05) is 27.3 Å². The second kappa shape index (κ2) is 8.63. The molecule has 0 bridgehead atoms. The van der Waals surface area contributed by atoms with Crippen LogP contribution in [0.4, 0.5) is 0 Å². The van der Waals surface area contributed by atoms with Crippen molar-refractivity contribution in [2.45, 2.75) is 26.8 Å². The molecule has 1 fully saturated rings. The molecular weight excluding hydrogens is 394 g/mol. The number of hydrogen-bond acceptors (Lipinski definition) is 5. The van der Waals surface area contributed by atoms with Crippen molar-refractivity contribution in [3.8, 4) is 23.0 Å². The van der Waals surface area contributed by atoms with Gasteiger partial charge in [-0.1, -0.05) is 25.7 Å². The first kappa shape index (κ1) is 21.2. The molecule has 6 nitrogen and oxygen atoms in total. The van der Waals surface area contributed by atoms with Crippen LogP contribution in [0.25, 0.3) is 6.08 Å². The number of ketones is 1. The molecule has 4 rings (SSSR count). The summed E-state index contributed by atoms with van der Waals surface area (Å²) >= 11 is 0. The summed E-state index contributed by atoms with van der Waals surface area (Å²) in [5.41, 5.74) is 1.74. The highest BCUT2D eigenvalue weighted by molar-refractivity contribution is 6.15. The van der Waals surface area contributed by atoms with Crippen LogP contribution < -0.4 is 24.2 Å². The van der Waals surface area contributed by atoms with E-state index >= 15 is 0 Å². The zero-order chi connectivity index (χ0) is 22.1. The smallest absolute Gasteiger partial charge is 0.231 e. The number of hydrogen-bond donors (Lipinski definition) is 1. The Morgan fingerprint density at radius 1 is 1.13 bits per heavy atom. The summed E-state index contributed by atoms with van der Waals surface area (Å²) in [5.74, 6) is 2.78. The second-order valence-corrected chi connectivity index (χ2v) is 8.75. The van der Waals surface area contributed by atoms with Crippen LogP contribution in [0.15, 0.2) is 36.1 Å². The average molecular weight is 424 g/mol. The zero-order valence-electron chi connectivity index (χ0n) is 18.5. The van der Waals surface area contributed by atoms with Crippen LogP contribution in [-0.2, 0) is 6.54 Å². The van der Waals surface area contributed by atoms with Crippen LogP contribution in [-0.4, -0.2) is 33.1 Å². The van der Waals surface area contributed by atoms with Gasteiger partial charge in [0, 0.05) is 29.0 Å². The molecule has 0 amide bonds. The van der Waals surface area contributed by atoms with Gasteiger partial charge in [0.15, 0.2) is 5.76 Å². The quantitative estimate of drug-likeness (QED) is 0.748. The summed E-state index contributed by atoms with van der Waals surface area (Å²) in [5, 5.41) is 12.7. The monoisotopic (exact) mass is 423 g/mol. The molecule has 0 aliphatic carbocycles. The zero-order valence-corrected chi connectivity index (χ0v) is 18.5. The molecule has 0 saturated carbocycles. The molecular formula is C25H29NO5. The Morgan fingerprint density at radius 2 is 1.87 bits per heavy atom. The number of Topliss-reactive ketones (excluding diaryl/α,β-unsaturated/α-hetero) is 1. The lowest BCUT2D eigenvalue weighted by molar-refractivity contribution is -0.925. The number of likely N-dealkylation sites (tertiary alicyclic amines) is 1. The molecule has 2 aliphatic heterocycles. The molecule has 164 valence electrons. The van der Waals surface area contributed by atoms with Gasteiger partial charge in [-0.15, -0.1) is 0 Å². The lowest BCUT2D eigenvalue weighted by Gasteiger charge is -2.33. The number of carbonyl (C=O) groups excluding carboxylic acids is 1. The highest BCUT2D eigenvalue weighted by atomic mass is 16.5. The van der Waals surface area contributed by atoms with Crippen LogP contribution in [0.3, 0.4) is 0 Å². The number of benzene rings is 2. The standard InChI is InChI=1S/C25H29NO5/c1-15-9-16(2)13-26(12-15)14-20-21(27)8-7-19-24(28)23(31-25(19)20)10-17-5-6-18(29-3)11-22(17)30-4/h5-8,10-11,15-16,27H,9,12-14H2,1-4H3. The van der Waals surface area contributed by atoms with Gasteiger partial charge in [-0.25, -0.2) is 0 Å². The van der Waals surface area contributed by atoms with Crippen molar-refractivity contribution >= 4 is 11.9 Å². The van der Waals surface area contributed by atoms with Crippen LogP contribution in [0.2, 0.25) is 0 Å². The van der Waals surface area contributed by atoms with E-state index in [1.54, 1.807) is 38.5 Å². The van der Waals surface area contributed by atoms with Gasteiger partial charge in [0.1, 0.15) is 23.8 Å². The third-order valence-corrected chi connectivity index (χ3v) is 6.13. The van der Waals surface area contributed by atoms with Crippen LogP contribution >= 0.6 is 0 Å². The van der Waals surface area contributed by atoms with Gasteiger partial charge in [-0.3, -0.25) is 4.79 Å². The van der Waals surface area contributed by atoms with Gasteiger partial charge in [0.05, 0.1) is 32.9 Å². The highest BCUT2D eigenvalue weighted by Crippen LogP contribution is 2.39. The Labute approximate surface area is 183 Å². The van der Waals surface area contributed by atoms with E-state index in [1.165, 1.54) is 17.4 Å². The third kappa shape index (κ3) is 4.26. The molecule has 2 atom stereocenters. The van der Waals surface area contributed by atoms with Gasteiger partial charge in [-0.05, 0) is 30.7 Å². The summed E-state index contributed by atoms with van der Waals surface area (Å²) in [6.45, 7) is 7.13. The minimum absolute atomic E-state index is 0.0757. The third-order valence-electron chi connectivity index (χ3n) is 6.13. The van der Waals surface area contributed by atoms with E-state index in [0.717, 1.165) is 13.1 Å². The van der Waals surface area contributed by atoms with Crippen LogP contribution in [0.1, 0.15) is 41.8 Å². The van der Waals surface area contributed by atoms with E-state index in [2.05, 4.69) is 13.8 Å². The van der Waals surface area contributed by atoms with Gasteiger partial charge in [0.25, 0.3) is 0 Å².